The minimum atomic E-state index is -3.54. The van der Waals surface area contributed by atoms with Gasteiger partial charge in [0.05, 0.1) is 4.90 Å². The summed E-state index contributed by atoms with van der Waals surface area (Å²) in [5, 5.41) is 2.78. The molecule has 0 aliphatic carbocycles. The van der Waals surface area contributed by atoms with E-state index in [9.17, 15) is 13.2 Å². The second kappa shape index (κ2) is 10.6. The van der Waals surface area contributed by atoms with Crippen molar-refractivity contribution >= 4 is 21.6 Å². The smallest absolute Gasteiger partial charge is 0.265 e. The van der Waals surface area contributed by atoms with Crippen LogP contribution in [0.25, 0.3) is 0 Å². The molecule has 0 saturated carbocycles. The number of sulfonamides is 1. The molecular formula is C23H32N2O4S. The highest BCUT2D eigenvalue weighted by Gasteiger charge is 2.23. The Morgan fingerprint density at radius 1 is 1.03 bits per heavy atom. The molecule has 0 heterocycles. The van der Waals surface area contributed by atoms with Gasteiger partial charge in [0, 0.05) is 18.8 Å². The maximum atomic E-state index is 12.8. The Morgan fingerprint density at radius 3 is 2.20 bits per heavy atom. The van der Waals surface area contributed by atoms with Crippen LogP contribution < -0.4 is 10.1 Å². The van der Waals surface area contributed by atoms with E-state index in [0.717, 1.165) is 24.0 Å². The molecule has 0 bridgehead atoms. The summed E-state index contributed by atoms with van der Waals surface area (Å²) in [5.41, 5.74) is 2.53. The largest absolute Gasteiger partial charge is 0.481 e. The molecule has 30 heavy (non-hydrogen) atoms. The lowest BCUT2D eigenvalue weighted by Gasteiger charge is -2.21. The van der Waals surface area contributed by atoms with Crippen LogP contribution in [0.5, 0.6) is 5.75 Å². The fourth-order valence-electron chi connectivity index (χ4n) is 3.03. The molecule has 7 heteroatoms. The predicted octanol–water partition coefficient (Wildman–Crippen LogP) is 4.52. The Hall–Kier alpha value is -2.38. The van der Waals surface area contributed by atoms with Gasteiger partial charge in [-0.05, 0) is 75.1 Å². The maximum Gasteiger partial charge on any atom is 0.265 e. The first-order chi connectivity index (χ1) is 14.2. The summed E-state index contributed by atoms with van der Waals surface area (Å²) >= 11 is 0. The van der Waals surface area contributed by atoms with Gasteiger partial charge in [0.2, 0.25) is 10.0 Å². The van der Waals surface area contributed by atoms with Crippen molar-refractivity contribution in [3.63, 3.8) is 0 Å². The van der Waals surface area contributed by atoms with Gasteiger partial charge in [0.25, 0.3) is 5.91 Å². The molecule has 2 rings (SSSR count). The van der Waals surface area contributed by atoms with Crippen LogP contribution in [-0.4, -0.2) is 37.8 Å². The van der Waals surface area contributed by atoms with E-state index in [1.807, 2.05) is 45.9 Å². The minimum absolute atomic E-state index is 0.224. The van der Waals surface area contributed by atoms with Gasteiger partial charge < -0.3 is 10.1 Å². The van der Waals surface area contributed by atoms with Gasteiger partial charge in [0.15, 0.2) is 6.10 Å². The minimum Gasteiger partial charge on any atom is -0.481 e. The highest BCUT2D eigenvalue weighted by Crippen LogP contribution is 2.22. The fraction of sp³-hybridized carbons (Fsp3) is 0.435. The highest BCUT2D eigenvalue weighted by molar-refractivity contribution is 7.89. The number of nitrogens with one attached hydrogen (secondary N) is 1. The zero-order valence-electron chi connectivity index (χ0n) is 18.4. The molecular weight excluding hydrogens is 400 g/mol. The first kappa shape index (κ1) is 23.9. The average molecular weight is 433 g/mol. The number of hydrogen-bond donors (Lipinski definition) is 1. The maximum absolute atomic E-state index is 12.8. The van der Waals surface area contributed by atoms with Crippen molar-refractivity contribution in [3.05, 3.63) is 53.6 Å². The number of amides is 1. The highest BCUT2D eigenvalue weighted by atomic mass is 32.2. The first-order valence-electron chi connectivity index (χ1n) is 10.3. The Kier molecular flexibility index (Phi) is 8.43. The number of benzene rings is 2. The van der Waals surface area contributed by atoms with Crippen LogP contribution in [0.4, 0.5) is 5.69 Å². The standard InChI is InChI=1S/C23H32N2O4S/c1-6-14-25(15-7-2)30(27,28)21-12-10-20(11-13-21)24-23(26)19(5)29-22-16-17(3)8-9-18(22)4/h8-13,16,19H,6-7,14-15H2,1-5H3,(H,24,26). The summed E-state index contributed by atoms with van der Waals surface area (Å²) in [6.45, 7) is 10.5. The normalized spacial score (nSPS) is 12.6. The fourth-order valence-corrected chi connectivity index (χ4v) is 4.66. The summed E-state index contributed by atoms with van der Waals surface area (Å²) in [6, 6.07) is 12.1. The number of carbonyl (C=O) groups excluding carboxylic acids is 1. The van der Waals surface area contributed by atoms with E-state index in [4.69, 9.17) is 4.74 Å². The lowest BCUT2D eigenvalue weighted by Crippen LogP contribution is -2.32. The van der Waals surface area contributed by atoms with Crippen LogP contribution in [0.2, 0.25) is 0 Å². The van der Waals surface area contributed by atoms with Crippen LogP contribution >= 0.6 is 0 Å². The van der Waals surface area contributed by atoms with Gasteiger partial charge in [-0.2, -0.15) is 4.31 Å². The summed E-state index contributed by atoms with van der Waals surface area (Å²) in [7, 11) is -3.54. The summed E-state index contributed by atoms with van der Waals surface area (Å²) in [4.78, 5) is 12.7. The van der Waals surface area contributed by atoms with Gasteiger partial charge >= 0.3 is 0 Å². The molecule has 1 amide bonds. The number of nitrogens with zero attached hydrogens (tertiary/aromatic N) is 1. The second-order valence-corrected chi connectivity index (χ2v) is 9.38. The van der Waals surface area contributed by atoms with Crippen molar-refractivity contribution in [3.8, 4) is 5.75 Å². The van der Waals surface area contributed by atoms with Crippen molar-refractivity contribution in [1.29, 1.82) is 0 Å². The number of carbonyl (C=O) groups is 1. The van der Waals surface area contributed by atoms with E-state index in [0.29, 0.717) is 24.5 Å². The van der Waals surface area contributed by atoms with Crippen LogP contribution in [0, 0.1) is 13.8 Å². The molecule has 2 aromatic rings. The van der Waals surface area contributed by atoms with Gasteiger partial charge in [-0.1, -0.05) is 26.0 Å². The molecule has 1 N–H and O–H groups in total. The van der Waals surface area contributed by atoms with Crippen molar-refractivity contribution < 1.29 is 17.9 Å². The van der Waals surface area contributed by atoms with Gasteiger partial charge in [-0.3, -0.25) is 4.79 Å². The third-order valence-corrected chi connectivity index (χ3v) is 6.64. The molecule has 164 valence electrons. The van der Waals surface area contributed by atoms with Crippen molar-refractivity contribution in [2.75, 3.05) is 18.4 Å². The number of rotatable bonds is 10. The van der Waals surface area contributed by atoms with Crippen LogP contribution in [0.1, 0.15) is 44.7 Å². The molecule has 0 spiro atoms. The summed E-state index contributed by atoms with van der Waals surface area (Å²) in [6.07, 6.45) is 0.815. The van der Waals surface area contributed by atoms with E-state index < -0.39 is 16.1 Å². The Labute approximate surface area is 180 Å². The van der Waals surface area contributed by atoms with E-state index in [2.05, 4.69) is 5.32 Å². The predicted molar refractivity (Wildman–Crippen MR) is 120 cm³/mol. The van der Waals surface area contributed by atoms with E-state index in [1.165, 1.54) is 16.4 Å². The van der Waals surface area contributed by atoms with Gasteiger partial charge in [0.1, 0.15) is 5.75 Å². The molecule has 1 atom stereocenters. The number of aryl methyl sites for hydroxylation is 2. The quantitative estimate of drug-likeness (QED) is 0.599. The molecule has 0 radical (unpaired) electrons. The monoisotopic (exact) mass is 432 g/mol. The van der Waals surface area contributed by atoms with Crippen molar-refractivity contribution in [2.24, 2.45) is 0 Å². The lowest BCUT2D eigenvalue weighted by atomic mass is 10.1. The van der Waals surface area contributed by atoms with Crippen molar-refractivity contribution in [1.82, 2.24) is 4.31 Å². The van der Waals surface area contributed by atoms with E-state index >= 15 is 0 Å². The lowest BCUT2D eigenvalue weighted by molar-refractivity contribution is -0.122. The molecule has 1 unspecified atom stereocenters. The third-order valence-electron chi connectivity index (χ3n) is 4.72. The Morgan fingerprint density at radius 2 is 1.63 bits per heavy atom. The van der Waals surface area contributed by atoms with Crippen molar-refractivity contribution in [2.45, 2.75) is 58.5 Å². The molecule has 0 aliphatic rings. The van der Waals surface area contributed by atoms with E-state index in [1.54, 1.807) is 19.1 Å². The topological polar surface area (TPSA) is 75.7 Å². The molecule has 0 saturated heterocycles. The Balaban J connectivity index is 2.07. The van der Waals surface area contributed by atoms with Crippen LogP contribution in [-0.2, 0) is 14.8 Å². The second-order valence-electron chi connectivity index (χ2n) is 7.45. The zero-order valence-corrected chi connectivity index (χ0v) is 19.3. The summed E-state index contributed by atoms with van der Waals surface area (Å²) in [5.74, 6) is 0.371. The number of hydrogen-bond acceptors (Lipinski definition) is 4. The Bertz CT molecular complexity index is 950. The van der Waals surface area contributed by atoms with Gasteiger partial charge in [-0.15, -0.1) is 0 Å². The average Bonchev–Trinajstić information content (AvgIpc) is 2.71. The van der Waals surface area contributed by atoms with Gasteiger partial charge in [-0.25, -0.2) is 8.42 Å². The molecule has 6 nitrogen and oxygen atoms in total. The van der Waals surface area contributed by atoms with Crippen LogP contribution in [0.3, 0.4) is 0 Å². The summed E-state index contributed by atoms with van der Waals surface area (Å²) < 4.78 is 33.0. The number of anilines is 1. The van der Waals surface area contributed by atoms with E-state index in [-0.39, 0.29) is 10.8 Å². The first-order valence-corrected chi connectivity index (χ1v) is 11.8. The molecule has 0 aromatic heterocycles. The molecule has 2 aromatic carbocycles. The molecule has 0 aliphatic heterocycles. The third kappa shape index (κ3) is 6.06. The number of ether oxygens (including phenoxy) is 1. The SMILES string of the molecule is CCCN(CCC)S(=O)(=O)c1ccc(NC(=O)C(C)Oc2cc(C)ccc2C)cc1. The van der Waals surface area contributed by atoms with Crippen LogP contribution in [0.15, 0.2) is 47.4 Å². The molecule has 0 fully saturated rings. The zero-order chi connectivity index (χ0) is 22.3.